The number of amides is 2. The van der Waals surface area contributed by atoms with E-state index in [1.54, 1.807) is 12.3 Å². The van der Waals surface area contributed by atoms with Gasteiger partial charge in [-0.25, -0.2) is 4.39 Å². The van der Waals surface area contributed by atoms with Crippen LogP contribution in [0, 0.1) is 42.8 Å². The Labute approximate surface area is 236 Å². The van der Waals surface area contributed by atoms with Crippen LogP contribution in [0.1, 0.15) is 72.8 Å². The standard InChI is InChI=1S/C32H41FN4O3/c1-20-10-12-34-21(2)29(20)30(39)37-18-23-16-36(17-24(23)19-37)13-11-28(22-6-5-7-26(33)14-22)35-31(40)32(3,4)25-8-9-27(38)15-25/h5-7,10,12,14,23-25,28H,8-9,11,13,15-19H2,1-4H3,(H,35,40)/t23-,24+,25?,28?. The number of aromatic nitrogens is 1. The Balaban J connectivity index is 1.21. The third-order valence-electron chi connectivity index (χ3n) is 9.55. The molecule has 2 saturated heterocycles. The molecule has 1 aromatic heterocycles. The van der Waals surface area contributed by atoms with E-state index < -0.39 is 5.41 Å². The fraction of sp³-hybridized carbons (Fsp3) is 0.562. The molecule has 1 saturated carbocycles. The van der Waals surface area contributed by atoms with Gasteiger partial charge in [-0.2, -0.15) is 0 Å². The van der Waals surface area contributed by atoms with Crippen LogP contribution in [0.5, 0.6) is 0 Å². The number of aryl methyl sites for hydroxylation is 2. The van der Waals surface area contributed by atoms with E-state index in [0.29, 0.717) is 31.1 Å². The van der Waals surface area contributed by atoms with Gasteiger partial charge in [0.15, 0.2) is 0 Å². The quantitative estimate of drug-likeness (QED) is 0.526. The zero-order valence-corrected chi connectivity index (χ0v) is 24.1. The second kappa shape index (κ2) is 11.4. The molecule has 1 N–H and O–H groups in total. The lowest BCUT2D eigenvalue weighted by molar-refractivity contribution is -0.133. The highest BCUT2D eigenvalue weighted by Gasteiger charge is 2.43. The van der Waals surface area contributed by atoms with E-state index in [9.17, 15) is 18.8 Å². The maximum absolute atomic E-state index is 14.2. The number of ketones is 1. The number of nitrogens with zero attached hydrogens (tertiary/aromatic N) is 3. The minimum Gasteiger partial charge on any atom is -0.349 e. The van der Waals surface area contributed by atoms with Crippen LogP contribution in [0.25, 0.3) is 0 Å². The Kier molecular flexibility index (Phi) is 8.09. The number of Topliss-reactive ketones (excluding diaryl/α,β-unsaturated/α-hetero) is 1. The molecule has 1 aromatic carbocycles. The van der Waals surface area contributed by atoms with E-state index in [0.717, 1.165) is 61.5 Å². The van der Waals surface area contributed by atoms with E-state index in [4.69, 9.17) is 0 Å². The van der Waals surface area contributed by atoms with Crippen molar-refractivity contribution in [3.63, 3.8) is 0 Å². The lowest BCUT2D eigenvalue weighted by atomic mass is 9.76. The molecule has 3 heterocycles. The Hall–Kier alpha value is -3.13. The minimum atomic E-state index is -0.677. The number of halogens is 1. The summed E-state index contributed by atoms with van der Waals surface area (Å²) in [4.78, 5) is 47.4. The van der Waals surface area contributed by atoms with E-state index >= 15 is 0 Å². The predicted octanol–water partition coefficient (Wildman–Crippen LogP) is 4.48. The second-order valence-electron chi connectivity index (χ2n) is 12.6. The second-order valence-corrected chi connectivity index (χ2v) is 12.6. The fourth-order valence-electron chi connectivity index (χ4n) is 6.93. The van der Waals surface area contributed by atoms with Gasteiger partial charge in [0.05, 0.1) is 17.3 Å². The van der Waals surface area contributed by atoms with E-state index in [1.807, 2.05) is 44.7 Å². The number of benzene rings is 1. The highest BCUT2D eigenvalue weighted by Crippen LogP contribution is 2.39. The van der Waals surface area contributed by atoms with Gasteiger partial charge in [0.2, 0.25) is 5.91 Å². The van der Waals surface area contributed by atoms with Crippen molar-refractivity contribution in [3.05, 3.63) is 64.7 Å². The van der Waals surface area contributed by atoms with Crippen LogP contribution in [-0.2, 0) is 9.59 Å². The first-order valence-corrected chi connectivity index (χ1v) is 14.5. The molecule has 3 aliphatic rings. The van der Waals surface area contributed by atoms with Crippen molar-refractivity contribution in [1.82, 2.24) is 20.1 Å². The van der Waals surface area contributed by atoms with Crippen molar-refractivity contribution < 1.29 is 18.8 Å². The summed E-state index contributed by atoms with van der Waals surface area (Å²) >= 11 is 0. The summed E-state index contributed by atoms with van der Waals surface area (Å²) in [5.41, 5.74) is 2.53. The lowest BCUT2D eigenvalue weighted by Gasteiger charge is -2.32. The molecular weight excluding hydrogens is 507 g/mol. The summed E-state index contributed by atoms with van der Waals surface area (Å²) in [6, 6.07) is 8.03. The molecule has 2 aliphatic heterocycles. The number of carbonyl (C=O) groups excluding carboxylic acids is 3. The smallest absolute Gasteiger partial charge is 0.255 e. The largest absolute Gasteiger partial charge is 0.349 e. The molecule has 7 nitrogen and oxygen atoms in total. The normalized spacial score (nSPS) is 23.9. The zero-order valence-electron chi connectivity index (χ0n) is 24.1. The average Bonchev–Trinajstić information content (AvgIpc) is 3.61. The zero-order chi connectivity index (χ0) is 28.6. The molecule has 5 rings (SSSR count). The Bertz CT molecular complexity index is 1260. The van der Waals surface area contributed by atoms with Crippen molar-refractivity contribution >= 4 is 17.6 Å². The van der Waals surface area contributed by atoms with Crippen molar-refractivity contribution in [1.29, 1.82) is 0 Å². The van der Waals surface area contributed by atoms with Crippen molar-refractivity contribution in [2.24, 2.45) is 23.2 Å². The van der Waals surface area contributed by atoms with Crippen molar-refractivity contribution in [2.75, 3.05) is 32.7 Å². The van der Waals surface area contributed by atoms with Crippen LogP contribution in [-0.4, -0.2) is 65.1 Å². The van der Waals surface area contributed by atoms with E-state index in [2.05, 4.69) is 15.2 Å². The van der Waals surface area contributed by atoms with Gasteiger partial charge in [-0.15, -0.1) is 0 Å². The number of likely N-dealkylation sites (tertiary alicyclic amines) is 2. The first kappa shape index (κ1) is 28.4. The highest BCUT2D eigenvalue weighted by molar-refractivity contribution is 5.96. The predicted molar refractivity (Wildman–Crippen MR) is 151 cm³/mol. The molecule has 2 amide bonds. The Morgan fingerprint density at radius 1 is 1.12 bits per heavy atom. The highest BCUT2D eigenvalue weighted by atomic mass is 19.1. The summed E-state index contributed by atoms with van der Waals surface area (Å²) in [5, 5.41) is 3.22. The van der Waals surface area contributed by atoms with Gasteiger partial charge in [-0.1, -0.05) is 26.0 Å². The Morgan fingerprint density at radius 2 is 1.85 bits per heavy atom. The Morgan fingerprint density at radius 3 is 2.48 bits per heavy atom. The summed E-state index contributed by atoms with van der Waals surface area (Å²) in [7, 11) is 0. The molecule has 2 unspecified atom stereocenters. The molecule has 0 spiro atoms. The molecule has 0 bridgehead atoms. The van der Waals surface area contributed by atoms with Gasteiger partial charge in [0.1, 0.15) is 11.6 Å². The van der Waals surface area contributed by atoms with Gasteiger partial charge < -0.3 is 15.1 Å². The minimum absolute atomic E-state index is 0.0241. The topological polar surface area (TPSA) is 82.6 Å². The first-order chi connectivity index (χ1) is 19.0. The lowest BCUT2D eigenvalue weighted by Crippen LogP contribution is -2.43. The molecule has 8 heteroatoms. The number of hydrogen-bond donors (Lipinski definition) is 1. The third-order valence-corrected chi connectivity index (χ3v) is 9.55. The fourth-order valence-corrected chi connectivity index (χ4v) is 6.93. The van der Waals surface area contributed by atoms with Crippen LogP contribution in [0.2, 0.25) is 0 Å². The average molecular weight is 549 g/mol. The van der Waals surface area contributed by atoms with Crippen molar-refractivity contribution in [3.8, 4) is 0 Å². The van der Waals surface area contributed by atoms with Crippen LogP contribution in [0.15, 0.2) is 36.5 Å². The van der Waals surface area contributed by atoms with E-state index in [1.165, 1.54) is 12.1 Å². The molecule has 3 fully saturated rings. The molecule has 0 radical (unpaired) electrons. The third kappa shape index (κ3) is 5.82. The van der Waals surface area contributed by atoms with Crippen LogP contribution in [0.4, 0.5) is 4.39 Å². The first-order valence-electron chi connectivity index (χ1n) is 14.5. The number of rotatable bonds is 8. The summed E-state index contributed by atoms with van der Waals surface area (Å²) < 4.78 is 14.2. The van der Waals surface area contributed by atoms with Crippen LogP contribution in [0.3, 0.4) is 0 Å². The summed E-state index contributed by atoms with van der Waals surface area (Å²) in [6.45, 7) is 11.7. The maximum Gasteiger partial charge on any atom is 0.255 e. The summed E-state index contributed by atoms with van der Waals surface area (Å²) in [6.07, 6.45) is 4.12. The molecule has 214 valence electrons. The molecular formula is C32H41FN4O3. The molecule has 40 heavy (non-hydrogen) atoms. The number of nitrogens with one attached hydrogen (secondary N) is 1. The maximum atomic E-state index is 14.2. The number of carbonyl (C=O) groups is 3. The van der Waals surface area contributed by atoms with Crippen molar-refractivity contribution in [2.45, 2.75) is 59.4 Å². The van der Waals surface area contributed by atoms with Gasteiger partial charge in [0, 0.05) is 57.2 Å². The van der Waals surface area contributed by atoms with Gasteiger partial charge in [-0.05, 0) is 73.8 Å². The van der Waals surface area contributed by atoms with Gasteiger partial charge >= 0.3 is 0 Å². The molecule has 2 aromatic rings. The number of pyridine rings is 1. The van der Waals surface area contributed by atoms with Crippen LogP contribution < -0.4 is 5.32 Å². The summed E-state index contributed by atoms with van der Waals surface area (Å²) in [5.74, 6) is 0.745. The number of hydrogen-bond acceptors (Lipinski definition) is 5. The van der Waals surface area contributed by atoms with Gasteiger partial charge in [-0.3, -0.25) is 19.4 Å². The molecule has 4 atom stereocenters. The van der Waals surface area contributed by atoms with E-state index in [-0.39, 0.29) is 35.4 Å². The number of fused-ring (bicyclic) bond motifs is 1. The molecule has 1 aliphatic carbocycles. The SMILES string of the molecule is Cc1ccnc(C)c1C(=O)N1C[C@H]2CN(CCC(NC(=O)C(C)(C)C3CCC(=O)C3)c3cccc(F)c3)C[C@H]2C1. The van der Waals surface area contributed by atoms with Gasteiger partial charge in [0.25, 0.3) is 5.91 Å². The monoisotopic (exact) mass is 548 g/mol. The van der Waals surface area contributed by atoms with Crippen LogP contribution >= 0.6 is 0 Å².